The number of carbonyl (C=O) groups excluding carboxylic acids is 1. The largest absolute Gasteiger partial charge is 0.465 e. The van der Waals surface area contributed by atoms with Crippen LogP contribution >= 0.6 is 11.6 Å². The number of unbranched alkanes of at least 4 members (excludes halogenated alkanes) is 2. The molecule has 0 spiro atoms. The molecular weight excluding hydrogens is 278 g/mol. The highest BCUT2D eigenvalue weighted by atomic mass is 35.5. The predicted octanol–water partition coefficient (Wildman–Crippen LogP) is 3.61. The molecule has 0 unspecified atom stereocenters. The molecule has 1 rings (SSSR count). The average Bonchev–Trinajstić information content (AvgIpc) is 2.44. The number of rotatable bonds is 8. The molecule has 0 bridgehead atoms. The van der Waals surface area contributed by atoms with Crippen molar-refractivity contribution in [3.63, 3.8) is 0 Å². The first kappa shape index (κ1) is 16.5. The second kappa shape index (κ2) is 9.37. The third-order valence-corrected chi connectivity index (χ3v) is 2.98. The summed E-state index contributed by atoms with van der Waals surface area (Å²) < 4.78 is 5.15. The molecular formula is C15H19ClNO3. The zero-order valence-electron chi connectivity index (χ0n) is 11.8. The normalized spacial score (nSPS) is 11.2. The van der Waals surface area contributed by atoms with Gasteiger partial charge >= 0.3 is 5.97 Å². The first-order chi connectivity index (χ1) is 9.69. The summed E-state index contributed by atoms with van der Waals surface area (Å²) in [6.45, 7) is 2.53. The van der Waals surface area contributed by atoms with Crippen molar-refractivity contribution in [1.82, 2.24) is 0 Å². The van der Waals surface area contributed by atoms with Crippen LogP contribution in [0.1, 0.15) is 38.2 Å². The fourth-order valence-corrected chi connectivity index (χ4v) is 1.87. The van der Waals surface area contributed by atoms with E-state index >= 15 is 0 Å². The molecule has 0 aliphatic carbocycles. The average molecular weight is 297 g/mol. The SMILES string of the molecule is CCCCCOC(=O)CC(=NOC)c1c[c]ccc1Cl. The Morgan fingerprint density at radius 1 is 1.45 bits per heavy atom. The molecule has 109 valence electrons. The summed E-state index contributed by atoms with van der Waals surface area (Å²) in [4.78, 5) is 16.5. The minimum Gasteiger partial charge on any atom is -0.465 e. The molecule has 0 atom stereocenters. The number of nitrogens with zero attached hydrogens (tertiary/aromatic N) is 1. The van der Waals surface area contributed by atoms with Crippen LogP contribution in [0.4, 0.5) is 0 Å². The van der Waals surface area contributed by atoms with Gasteiger partial charge in [0.15, 0.2) is 0 Å². The topological polar surface area (TPSA) is 47.9 Å². The van der Waals surface area contributed by atoms with E-state index in [0.29, 0.717) is 22.9 Å². The van der Waals surface area contributed by atoms with Gasteiger partial charge in [-0.05, 0) is 24.6 Å². The molecule has 0 aliphatic heterocycles. The molecule has 0 saturated carbocycles. The maximum Gasteiger partial charge on any atom is 0.312 e. The van der Waals surface area contributed by atoms with Gasteiger partial charge in [-0.2, -0.15) is 0 Å². The Labute approximate surface area is 124 Å². The number of halogens is 1. The minimum atomic E-state index is -0.336. The number of carbonyl (C=O) groups is 1. The lowest BCUT2D eigenvalue weighted by atomic mass is 10.1. The van der Waals surface area contributed by atoms with Crippen LogP contribution in [0.15, 0.2) is 23.4 Å². The van der Waals surface area contributed by atoms with Crippen LogP contribution in [-0.4, -0.2) is 25.4 Å². The molecule has 1 aromatic rings. The maximum absolute atomic E-state index is 11.8. The van der Waals surface area contributed by atoms with Crippen LogP contribution in [-0.2, 0) is 14.4 Å². The van der Waals surface area contributed by atoms with Gasteiger partial charge in [-0.3, -0.25) is 4.79 Å². The molecule has 20 heavy (non-hydrogen) atoms. The Morgan fingerprint density at radius 2 is 2.25 bits per heavy atom. The van der Waals surface area contributed by atoms with Crippen LogP contribution in [0.5, 0.6) is 0 Å². The van der Waals surface area contributed by atoms with Crippen molar-refractivity contribution in [1.29, 1.82) is 0 Å². The molecule has 4 nitrogen and oxygen atoms in total. The van der Waals surface area contributed by atoms with Crippen molar-refractivity contribution in [3.05, 3.63) is 34.9 Å². The van der Waals surface area contributed by atoms with Crippen LogP contribution in [0.2, 0.25) is 5.02 Å². The lowest BCUT2D eigenvalue weighted by Crippen LogP contribution is -2.14. The summed E-state index contributed by atoms with van der Waals surface area (Å²) >= 11 is 6.08. The second-order valence-corrected chi connectivity index (χ2v) is 4.64. The first-order valence-electron chi connectivity index (χ1n) is 6.60. The minimum absolute atomic E-state index is 0.0253. The van der Waals surface area contributed by atoms with Crippen molar-refractivity contribution in [2.45, 2.75) is 32.6 Å². The van der Waals surface area contributed by atoms with Gasteiger partial charge in [-0.1, -0.05) is 42.6 Å². The van der Waals surface area contributed by atoms with Gasteiger partial charge in [0.1, 0.15) is 7.11 Å². The zero-order valence-corrected chi connectivity index (χ0v) is 12.6. The van der Waals surface area contributed by atoms with Gasteiger partial charge in [0.05, 0.1) is 18.7 Å². The van der Waals surface area contributed by atoms with E-state index in [4.69, 9.17) is 21.2 Å². The molecule has 0 heterocycles. The van der Waals surface area contributed by atoms with E-state index < -0.39 is 0 Å². The van der Waals surface area contributed by atoms with Crippen LogP contribution in [0, 0.1) is 6.07 Å². The van der Waals surface area contributed by atoms with E-state index in [1.54, 1.807) is 18.2 Å². The summed E-state index contributed by atoms with van der Waals surface area (Å²) in [5.41, 5.74) is 1.07. The highest BCUT2D eigenvalue weighted by molar-refractivity contribution is 6.34. The third kappa shape index (κ3) is 5.61. The van der Waals surface area contributed by atoms with E-state index in [0.717, 1.165) is 19.3 Å². The molecule has 0 saturated heterocycles. The molecule has 5 heteroatoms. The van der Waals surface area contributed by atoms with Gasteiger partial charge < -0.3 is 9.57 Å². The van der Waals surface area contributed by atoms with Crippen LogP contribution in [0.3, 0.4) is 0 Å². The van der Waals surface area contributed by atoms with Gasteiger partial charge in [0, 0.05) is 10.6 Å². The van der Waals surface area contributed by atoms with Crippen molar-refractivity contribution in [3.8, 4) is 0 Å². The number of esters is 1. The van der Waals surface area contributed by atoms with E-state index in [1.165, 1.54) is 7.11 Å². The van der Waals surface area contributed by atoms with Crippen molar-refractivity contribution in [2.75, 3.05) is 13.7 Å². The summed E-state index contributed by atoms with van der Waals surface area (Å²) in [7, 11) is 1.42. The summed E-state index contributed by atoms with van der Waals surface area (Å²) in [6, 6.07) is 7.96. The van der Waals surface area contributed by atoms with Gasteiger partial charge in [0.25, 0.3) is 0 Å². The van der Waals surface area contributed by atoms with Crippen molar-refractivity contribution >= 4 is 23.3 Å². The molecule has 0 aromatic heterocycles. The summed E-state index contributed by atoms with van der Waals surface area (Å²) in [5, 5.41) is 4.35. The van der Waals surface area contributed by atoms with Crippen LogP contribution < -0.4 is 0 Å². The van der Waals surface area contributed by atoms with Gasteiger partial charge in [0.2, 0.25) is 0 Å². The van der Waals surface area contributed by atoms with Crippen molar-refractivity contribution in [2.24, 2.45) is 5.16 Å². The molecule has 0 aliphatic rings. The zero-order chi connectivity index (χ0) is 14.8. The number of oxime groups is 1. The van der Waals surface area contributed by atoms with E-state index in [9.17, 15) is 4.79 Å². The fourth-order valence-electron chi connectivity index (χ4n) is 1.65. The lowest BCUT2D eigenvalue weighted by Gasteiger charge is -2.08. The lowest BCUT2D eigenvalue weighted by molar-refractivity contribution is -0.142. The number of ether oxygens (including phenoxy) is 1. The smallest absolute Gasteiger partial charge is 0.312 e. The molecule has 0 N–H and O–H groups in total. The highest BCUT2D eigenvalue weighted by Crippen LogP contribution is 2.17. The number of hydrogen-bond donors (Lipinski definition) is 0. The fraction of sp³-hybridized carbons (Fsp3) is 0.467. The monoisotopic (exact) mass is 296 g/mol. The van der Waals surface area contributed by atoms with Gasteiger partial charge in [-0.15, -0.1) is 0 Å². The standard InChI is InChI=1S/C15H19ClNO3/c1-3-4-7-10-20-15(18)11-14(17-19-2)12-8-5-6-9-13(12)16/h6,8-9H,3-4,7,10-11H2,1-2H3. The molecule has 0 fully saturated rings. The van der Waals surface area contributed by atoms with Gasteiger partial charge in [-0.25, -0.2) is 0 Å². The Hall–Kier alpha value is -1.55. The number of hydrogen-bond acceptors (Lipinski definition) is 4. The molecule has 1 aromatic carbocycles. The van der Waals surface area contributed by atoms with Crippen LogP contribution in [0.25, 0.3) is 0 Å². The maximum atomic E-state index is 11.8. The Balaban J connectivity index is 2.63. The predicted molar refractivity (Wildman–Crippen MR) is 78.9 cm³/mol. The Kier molecular flexibility index (Phi) is 7.73. The highest BCUT2D eigenvalue weighted by Gasteiger charge is 2.14. The quantitative estimate of drug-likeness (QED) is 0.319. The molecule has 1 radical (unpaired) electrons. The van der Waals surface area contributed by atoms with Crippen molar-refractivity contribution < 1.29 is 14.4 Å². The van der Waals surface area contributed by atoms with E-state index in [2.05, 4.69) is 18.1 Å². The summed E-state index contributed by atoms with van der Waals surface area (Å²) in [5.74, 6) is -0.336. The second-order valence-electron chi connectivity index (χ2n) is 4.23. The Bertz CT molecular complexity index is 460. The van der Waals surface area contributed by atoms with E-state index in [1.807, 2.05) is 0 Å². The molecule has 0 amide bonds. The third-order valence-electron chi connectivity index (χ3n) is 2.65. The van der Waals surface area contributed by atoms with E-state index in [-0.39, 0.29) is 12.4 Å². The Morgan fingerprint density at radius 3 is 2.90 bits per heavy atom. The number of benzene rings is 1. The summed E-state index contributed by atoms with van der Waals surface area (Å²) in [6.07, 6.45) is 3.03. The first-order valence-corrected chi connectivity index (χ1v) is 6.98.